The Morgan fingerprint density at radius 1 is 1.44 bits per heavy atom. The Labute approximate surface area is 108 Å². The zero-order valence-electron chi connectivity index (χ0n) is 11.1. The van der Waals surface area contributed by atoms with Crippen molar-refractivity contribution in [2.75, 3.05) is 18.8 Å². The van der Waals surface area contributed by atoms with E-state index in [-0.39, 0.29) is 5.91 Å². The fourth-order valence-electron chi connectivity index (χ4n) is 2.40. The van der Waals surface area contributed by atoms with Gasteiger partial charge in [-0.1, -0.05) is 6.92 Å². The number of nitrogens with zero attached hydrogens (tertiary/aromatic N) is 2. The predicted molar refractivity (Wildman–Crippen MR) is 72.3 cm³/mol. The summed E-state index contributed by atoms with van der Waals surface area (Å²) in [7, 11) is 0. The molecule has 1 aromatic heterocycles. The molecule has 4 nitrogen and oxygen atoms in total. The number of likely N-dealkylation sites (tertiary alicyclic amines) is 1. The van der Waals surface area contributed by atoms with E-state index < -0.39 is 0 Å². The summed E-state index contributed by atoms with van der Waals surface area (Å²) in [6.07, 6.45) is 4.97. The van der Waals surface area contributed by atoms with Crippen molar-refractivity contribution in [3.05, 3.63) is 23.5 Å². The van der Waals surface area contributed by atoms with Crippen LogP contribution >= 0.6 is 0 Å². The van der Waals surface area contributed by atoms with E-state index >= 15 is 0 Å². The van der Waals surface area contributed by atoms with E-state index in [1.54, 1.807) is 12.3 Å². The topological polar surface area (TPSA) is 59.2 Å². The molecule has 18 heavy (non-hydrogen) atoms. The Balaban J connectivity index is 2.17. The van der Waals surface area contributed by atoms with Gasteiger partial charge in [-0.15, -0.1) is 0 Å². The highest BCUT2D eigenvalue weighted by Crippen LogP contribution is 2.19. The second-order valence-corrected chi connectivity index (χ2v) is 5.23. The second-order valence-electron chi connectivity index (χ2n) is 5.23. The maximum absolute atomic E-state index is 12.5. The fraction of sp³-hybridized carbons (Fsp3) is 0.571. The summed E-state index contributed by atoms with van der Waals surface area (Å²) in [4.78, 5) is 18.6. The van der Waals surface area contributed by atoms with Gasteiger partial charge in [0.25, 0.3) is 5.91 Å². The zero-order valence-corrected chi connectivity index (χ0v) is 11.1. The summed E-state index contributed by atoms with van der Waals surface area (Å²) in [6.45, 7) is 5.79. The van der Waals surface area contributed by atoms with Gasteiger partial charge in [0.05, 0.1) is 23.1 Å². The molecule has 2 N–H and O–H groups in total. The van der Waals surface area contributed by atoms with Crippen LogP contribution in [0, 0.1) is 12.8 Å². The molecule has 1 amide bonds. The van der Waals surface area contributed by atoms with Crippen molar-refractivity contribution in [2.45, 2.75) is 33.1 Å². The van der Waals surface area contributed by atoms with Gasteiger partial charge in [0, 0.05) is 13.1 Å². The number of aryl methyl sites for hydroxylation is 1. The first-order chi connectivity index (χ1) is 8.58. The van der Waals surface area contributed by atoms with Crippen molar-refractivity contribution < 1.29 is 4.79 Å². The summed E-state index contributed by atoms with van der Waals surface area (Å²) in [5, 5.41) is 0. The first-order valence-electron chi connectivity index (χ1n) is 6.59. The quantitative estimate of drug-likeness (QED) is 0.828. The molecule has 0 aliphatic carbocycles. The molecule has 4 heteroatoms. The molecule has 1 aliphatic rings. The van der Waals surface area contributed by atoms with Crippen molar-refractivity contribution in [1.29, 1.82) is 0 Å². The first-order valence-corrected chi connectivity index (χ1v) is 6.59. The van der Waals surface area contributed by atoms with Crippen LogP contribution in [-0.4, -0.2) is 28.9 Å². The van der Waals surface area contributed by atoms with Crippen LogP contribution in [0.1, 0.15) is 42.2 Å². The highest BCUT2D eigenvalue weighted by Gasteiger charge is 2.21. The molecule has 1 aliphatic heterocycles. The summed E-state index contributed by atoms with van der Waals surface area (Å²) in [5.74, 6) is 0.782. The maximum Gasteiger partial charge on any atom is 0.255 e. The minimum atomic E-state index is 0.0707. The highest BCUT2D eigenvalue weighted by molar-refractivity contribution is 5.96. The molecule has 0 aromatic carbocycles. The van der Waals surface area contributed by atoms with Gasteiger partial charge >= 0.3 is 0 Å². The van der Waals surface area contributed by atoms with Crippen molar-refractivity contribution in [3.63, 3.8) is 0 Å². The minimum absolute atomic E-state index is 0.0707. The molecule has 2 rings (SSSR count). The summed E-state index contributed by atoms with van der Waals surface area (Å²) < 4.78 is 0. The van der Waals surface area contributed by atoms with Crippen LogP contribution in [0.3, 0.4) is 0 Å². The third-order valence-electron chi connectivity index (χ3n) is 3.64. The van der Waals surface area contributed by atoms with Crippen LogP contribution < -0.4 is 5.73 Å². The highest BCUT2D eigenvalue weighted by atomic mass is 16.2. The fourth-order valence-corrected chi connectivity index (χ4v) is 2.40. The zero-order chi connectivity index (χ0) is 13.1. The number of anilines is 1. The van der Waals surface area contributed by atoms with E-state index in [2.05, 4.69) is 11.9 Å². The van der Waals surface area contributed by atoms with E-state index in [1.165, 1.54) is 6.42 Å². The molecule has 0 saturated carbocycles. The van der Waals surface area contributed by atoms with Crippen molar-refractivity contribution in [3.8, 4) is 0 Å². The molecule has 1 fully saturated rings. The minimum Gasteiger partial charge on any atom is -0.397 e. The molecular weight excluding hydrogens is 226 g/mol. The number of rotatable bonds is 1. The predicted octanol–water partition coefficient (Wildman–Crippen LogP) is 2.23. The number of aromatic nitrogens is 1. The number of nitrogen functional groups attached to an aromatic ring is 1. The standard InChI is InChI=1S/C14H21N3O/c1-10-4-3-6-17(7-5-10)14(18)13-8-12(15)9-16-11(13)2/h8-10H,3-7,15H2,1-2H3. The van der Waals surface area contributed by atoms with Crippen LogP contribution in [-0.2, 0) is 0 Å². The third kappa shape index (κ3) is 2.81. The Kier molecular flexibility index (Phi) is 3.84. The van der Waals surface area contributed by atoms with Crippen LogP contribution in [0.25, 0.3) is 0 Å². The molecule has 0 radical (unpaired) electrons. The van der Waals surface area contributed by atoms with Crippen LogP contribution in [0.5, 0.6) is 0 Å². The van der Waals surface area contributed by atoms with Gasteiger partial charge in [-0.25, -0.2) is 0 Å². The smallest absolute Gasteiger partial charge is 0.255 e. The van der Waals surface area contributed by atoms with Gasteiger partial charge in [0.1, 0.15) is 0 Å². The van der Waals surface area contributed by atoms with Gasteiger partial charge < -0.3 is 10.6 Å². The summed E-state index contributed by atoms with van der Waals surface area (Å²) in [5.41, 5.74) is 7.66. The normalized spacial score (nSPS) is 20.6. The van der Waals surface area contributed by atoms with Gasteiger partial charge in [0.2, 0.25) is 0 Å². The monoisotopic (exact) mass is 247 g/mol. The SMILES string of the molecule is Cc1ncc(N)cc1C(=O)N1CCCC(C)CC1. The lowest BCUT2D eigenvalue weighted by Crippen LogP contribution is -2.32. The molecule has 1 atom stereocenters. The van der Waals surface area contributed by atoms with Crippen LogP contribution in [0.2, 0.25) is 0 Å². The molecule has 1 saturated heterocycles. The number of carbonyl (C=O) groups excluding carboxylic acids is 1. The Morgan fingerprint density at radius 3 is 3.00 bits per heavy atom. The Bertz CT molecular complexity index is 445. The molecule has 1 unspecified atom stereocenters. The van der Waals surface area contributed by atoms with E-state index in [0.717, 1.165) is 31.6 Å². The second kappa shape index (κ2) is 5.38. The lowest BCUT2D eigenvalue weighted by Gasteiger charge is -2.21. The molecular formula is C14H21N3O. The average Bonchev–Trinajstić information content (AvgIpc) is 2.56. The largest absolute Gasteiger partial charge is 0.397 e. The Hall–Kier alpha value is -1.58. The molecule has 0 spiro atoms. The van der Waals surface area contributed by atoms with Crippen molar-refractivity contribution in [1.82, 2.24) is 9.88 Å². The van der Waals surface area contributed by atoms with Crippen molar-refractivity contribution >= 4 is 11.6 Å². The van der Waals surface area contributed by atoms with Gasteiger partial charge in [0.15, 0.2) is 0 Å². The van der Waals surface area contributed by atoms with E-state index in [1.807, 2.05) is 11.8 Å². The van der Waals surface area contributed by atoms with E-state index in [0.29, 0.717) is 17.2 Å². The number of amides is 1. The number of nitrogens with two attached hydrogens (primary N) is 1. The molecule has 1 aromatic rings. The lowest BCUT2D eigenvalue weighted by atomic mass is 10.0. The molecule has 2 heterocycles. The number of hydrogen-bond donors (Lipinski definition) is 1. The summed E-state index contributed by atoms with van der Waals surface area (Å²) in [6, 6.07) is 1.74. The third-order valence-corrected chi connectivity index (χ3v) is 3.64. The molecule has 0 bridgehead atoms. The number of pyridine rings is 1. The van der Waals surface area contributed by atoms with E-state index in [4.69, 9.17) is 5.73 Å². The summed E-state index contributed by atoms with van der Waals surface area (Å²) >= 11 is 0. The van der Waals surface area contributed by atoms with Gasteiger partial charge in [-0.2, -0.15) is 0 Å². The number of carbonyl (C=O) groups is 1. The Morgan fingerprint density at radius 2 is 2.22 bits per heavy atom. The van der Waals surface area contributed by atoms with Gasteiger partial charge in [-0.05, 0) is 38.2 Å². The lowest BCUT2D eigenvalue weighted by molar-refractivity contribution is 0.0759. The number of hydrogen-bond acceptors (Lipinski definition) is 3. The maximum atomic E-state index is 12.5. The average molecular weight is 247 g/mol. The van der Waals surface area contributed by atoms with Gasteiger partial charge in [-0.3, -0.25) is 9.78 Å². The first kappa shape index (κ1) is 12.9. The molecule has 98 valence electrons. The van der Waals surface area contributed by atoms with Crippen LogP contribution in [0.15, 0.2) is 12.3 Å². The van der Waals surface area contributed by atoms with E-state index in [9.17, 15) is 4.79 Å². The van der Waals surface area contributed by atoms with Crippen LogP contribution in [0.4, 0.5) is 5.69 Å². The van der Waals surface area contributed by atoms with Crippen molar-refractivity contribution in [2.24, 2.45) is 5.92 Å².